The molecule has 6 aromatic carbocycles. The second-order valence-electron chi connectivity index (χ2n) is 13.7. The van der Waals surface area contributed by atoms with E-state index in [-0.39, 0.29) is 34.1 Å². The van der Waals surface area contributed by atoms with Gasteiger partial charge in [-0.15, -0.1) is 9.24 Å². The Morgan fingerprint density at radius 1 is 0.383 bits per heavy atom. The average Bonchev–Trinajstić information content (AvgIpc) is 4.00. The minimum atomic E-state index is -0.742. The summed E-state index contributed by atoms with van der Waals surface area (Å²) in [7, 11) is 0.776. The van der Waals surface area contributed by atoms with Gasteiger partial charge >= 0.3 is 34.1 Å². The summed E-state index contributed by atoms with van der Waals surface area (Å²) in [6, 6.07) is 66.5. The fraction of sp³-hybridized carbons (Fsp3) is 0.160. The zero-order chi connectivity index (χ0) is 40.5. The van der Waals surface area contributed by atoms with Crippen LogP contribution >= 0.6 is 33.0 Å². The fourth-order valence-corrected chi connectivity index (χ4v) is 15.4. The van der Waals surface area contributed by atoms with Gasteiger partial charge in [-0.1, -0.05) is 146 Å². The Labute approximate surface area is 386 Å². The van der Waals surface area contributed by atoms with Crippen LogP contribution in [0.5, 0.6) is 0 Å². The zero-order valence-electron chi connectivity index (χ0n) is 34.3. The molecule has 0 N–H and O–H groups in total. The largest absolute Gasteiger partial charge is 1.00 e. The Morgan fingerprint density at radius 2 is 0.617 bits per heavy atom. The summed E-state index contributed by atoms with van der Waals surface area (Å²) >= 11 is 0. The van der Waals surface area contributed by atoms with Gasteiger partial charge in [0.1, 0.15) is 0 Å². The molecule has 0 radical (unpaired) electrons. The average molecular weight is 965 g/mol. The molecule has 8 rings (SSSR count). The molecule has 0 saturated heterocycles. The predicted molar refractivity (Wildman–Crippen MR) is 264 cm³/mol. The van der Waals surface area contributed by atoms with Crippen molar-refractivity contribution in [1.29, 1.82) is 0 Å². The maximum atomic E-state index is 3.81. The Kier molecular flexibility index (Phi) is 25.9. The van der Waals surface area contributed by atoms with Crippen LogP contribution in [0, 0.1) is 13.8 Å². The second kappa shape index (κ2) is 30.5. The van der Waals surface area contributed by atoms with E-state index >= 15 is 0 Å². The van der Waals surface area contributed by atoms with Crippen LogP contribution in [0.25, 0.3) is 0 Å². The van der Waals surface area contributed by atoms with Gasteiger partial charge in [-0.2, -0.15) is 0 Å². The van der Waals surface area contributed by atoms with Crippen LogP contribution in [0.15, 0.2) is 207 Å². The number of aryl methyl sites for hydroxylation is 2. The number of aromatic nitrogens is 4. The first-order chi connectivity index (χ1) is 28.6. The van der Waals surface area contributed by atoms with Crippen molar-refractivity contribution in [1.82, 2.24) is 19.9 Å². The van der Waals surface area contributed by atoms with E-state index in [2.05, 4.69) is 211 Å². The van der Waals surface area contributed by atoms with E-state index in [0.717, 1.165) is 11.4 Å². The molecule has 0 spiro atoms. The molecule has 0 aliphatic rings. The first kappa shape index (κ1) is 50.9. The van der Waals surface area contributed by atoms with E-state index < -0.39 is 23.8 Å². The van der Waals surface area contributed by atoms with Crippen LogP contribution in [0.3, 0.4) is 0 Å². The minimum absolute atomic E-state index is 0. The van der Waals surface area contributed by atoms with Crippen LogP contribution in [-0.4, -0.2) is 34.6 Å². The van der Waals surface area contributed by atoms with Crippen LogP contribution in [0.2, 0.25) is 0 Å². The quantitative estimate of drug-likeness (QED) is 0.0857. The summed E-state index contributed by atoms with van der Waals surface area (Å²) in [5.41, 5.74) is 1.96. The number of rotatable bonds is 13. The maximum absolute atomic E-state index is 3.81. The van der Waals surface area contributed by atoms with Crippen molar-refractivity contribution in [3.8, 4) is 0 Å². The van der Waals surface area contributed by atoms with E-state index in [1.54, 1.807) is 12.4 Å². The molecule has 0 amide bonds. The minimum Gasteiger partial charge on any atom is -0.450 e. The van der Waals surface area contributed by atoms with Crippen molar-refractivity contribution in [2.75, 3.05) is 24.6 Å². The molecule has 2 aromatic heterocycles. The molecular formula is C50H57Cu2N4P4+3. The molecule has 60 heavy (non-hydrogen) atoms. The first-order valence-electron chi connectivity index (χ1n) is 20.0. The van der Waals surface area contributed by atoms with Crippen LogP contribution in [0.1, 0.15) is 24.2 Å². The molecule has 316 valence electrons. The Hall–Kier alpha value is -3.50. The van der Waals surface area contributed by atoms with Gasteiger partial charge < -0.3 is 19.9 Å². The van der Waals surface area contributed by atoms with Gasteiger partial charge in [-0.25, -0.2) is 0 Å². The topological polar surface area (TPSA) is 54.0 Å². The van der Waals surface area contributed by atoms with Gasteiger partial charge in [-0.3, -0.25) is 0 Å². The molecule has 10 heteroatoms. The third-order valence-corrected chi connectivity index (χ3v) is 18.5. The van der Waals surface area contributed by atoms with Crippen molar-refractivity contribution in [3.63, 3.8) is 0 Å². The third kappa shape index (κ3) is 18.2. The van der Waals surface area contributed by atoms with Gasteiger partial charge in [0.05, 0.1) is 74.1 Å². The maximum Gasteiger partial charge on any atom is 1.00 e. The van der Waals surface area contributed by atoms with Crippen LogP contribution in [-0.2, 0) is 34.1 Å². The predicted octanol–water partition coefficient (Wildman–Crippen LogP) is 8.91. The summed E-state index contributed by atoms with van der Waals surface area (Å²) < 4.78 is 0. The van der Waals surface area contributed by atoms with Gasteiger partial charge in [-0.05, 0) is 99.2 Å². The van der Waals surface area contributed by atoms with Crippen molar-refractivity contribution in [2.45, 2.75) is 26.7 Å². The molecular weight excluding hydrogens is 908 g/mol. The summed E-state index contributed by atoms with van der Waals surface area (Å²) in [5.74, 6) is 0. The SMILES string of the molecule is Cc1cnc[n-]1.Cc1cnc[n-]1.PCCC[PH+](c1ccccc1)c1ccccc1.[Cu+].[Cu+].c1ccc([PH+](CCC[PH+](c2ccccc2)c2ccccc2)c2ccccc2)cc1. The molecule has 0 bridgehead atoms. The van der Waals surface area contributed by atoms with E-state index in [4.69, 9.17) is 0 Å². The Bertz CT molecular complexity index is 1940. The van der Waals surface area contributed by atoms with Crippen molar-refractivity contribution < 1.29 is 34.1 Å². The number of hydrogen-bond donors (Lipinski definition) is 0. The number of nitrogens with zero attached hydrogens (tertiary/aromatic N) is 4. The van der Waals surface area contributed by atoms with Crippen molar-refractivity contribution >= 4 is 64.8 Å². The van der Waals surface area contributed by atoms with Crippen LogP contribution in [0.4, 0.5) is 0 Å². The standard InChI is InChI=1S/C27H26P2.C15H18P2.2C4H5N2.2Cu/c1-5-14-24(15-6-1)28(25-16-7-2-8-17-25)22-13-23-29(26-18-9-3-10-19-26)27-20-11-4-12-21-27;16-12-7-13-17(14-8-3-1-4-9-14)15-10-5-2-6-11-15;2*1-4-2-5-3-6-4;;/h1-12,14-21H,13,22-23H2;1-6,8-11H,7,12-13,16H2;2*2-3H,1H3;;/q;;2*-1;2*+1/p+3. The van der Waals surface area contributed by atoms with Gasteiger partial charge in [0, 0.05) is 6.42 Å². The monoisotopic (exact) mass is 963 g/mol. The summed E-state index contributed by atoms with van der Waals surface area (Å²) in [6.45, 7) is 3.82. The second-order valence-corrected chi connectivity index (χ2v) is 22.1. The summed E-state index contributed by atoms with van der Waals surface area (Å²) in [4.78, 5) is 15.0. The molecule has 0 saturated carbocycles. The van der Waals surface area contributed by atoms with Crippen LogP contribution < -0.4 is 41.8 Å². The normalized spacial score (nSPS) is 10.2. The number of benzene rings is 6. The van der Waals surface area contributed by atoms with Gasteiger partial charge in [0.25, 0.3) is 0 Å². The molecule has 2 heterocycles. The van der Waals surface area contributed by atoms with Crippen molar-refractivity contribution in [3.05, 3.63) is 218 Å². The van der Waals surface area contributed by atoms with Gasteiger partial charge in [0.15, 0.2) is 0 Å². The fourth-order valence-electron chi connectivity index (χ4n) is 6.52. The van der Waals surface area contributed by atoms with Gasteiger partial charge in [0.2, 0.25) is 0 Å². The molecule has 0 aliphatic heterocycles. The smallest absolute Gasteiger partial charge is 0.450 e. The Balaban J connectivity index is 0.000000259. The third-order valence-electron chi connectivity index (χ3n) is 9.40. The molecule has 1 unspecified atom stereocenters. The number of hydrogen-bond acceptors (Lipinski definition) is 2. The molecule has 1 atom stereocenters. The Morgan fingerprint density at radius 3 is 0.783 bits per heavy atom. The van der Waals surface area contributed by atoms with E-state index in [9.17, 15) is 0 Å². The molecule has 0 aliphatic carbocycles. The van der Waals surface area contributed by atoms with E-state index in [1.165, 1.54) is 82.0 Å². The molecule has 4 nitrogen and oxygen atoms in total. The molecule has 8 aromatic rings. The summed E-state index contributed by atoms with van der Waals surface area (Å²) in [5, 5.41) is 9.16. The molecule has 0 fully saturated rings. The summed E-state index contributed by atoms with van der Waals surface area (Å²) in [6.07, 6.45) is 14.2. The first-order valence-corrected chi connectivity index (χ1v) is 25.9. The van der Waals surface area contributed by atoms with E-state index in [0.29, 0.717) is 0 Å². The zero-order valence-corrected chi connectivity index (χ0v) is 40.4. The van der Waals surface area contributed by atoms with Crippen molar-refractivity contribution in [2.24, 2.45) is 0 Å². The number of imidazole rings is 2. The van der Waals surface area contributed by atoms with E-state index in [1.807, 2.05) is 13.8 Å².